The maximum absolute atomic E-state index is 13.1. The molecule has 12 heteroatoms. The topological polar surface area (TPSA) is 105 Å². The first kappa shape index (κ1) is 26.8. The van der Waals surface area contributed by atoms with Crippen LogP contribution in [0.3, 0.4) is 0 Å². The Kier molecular flexibility index (Phi) is 7.72. The molecule has 3 atom stereocenters. The van der Waals surface area contributed by atoms with Gasteiger partial charge in [0.2, 0.25) is 15.9 Å². The zero-order valence-corrected chi connectivity index (χ0v) is 20.5. The van der Waals surface area contributed by atoms with Crippen molar-refractivity contribution in [1.29, 1.82) is 0 Å². The van der Waals surface area contributed by atoms with Crippen LogP contribution in [0, 0.1) is 5.92 Å². The van der Waals surface area contributed by atoms with Crippen molar-refractivity contribution in [3.63, 3.8) is 0 Å². The van der Waals surface area contributed by atoms with Crippen molar-refractivity contribution in [2.24, 2.45) is 5.92 Å². The van der Waals surface area contributed by atoms with E-state index in [0.29, 0.717) is 18.4 Å². The largest absolute Gasteiger partial charge is 0.416 e. The van der Waals surface area contributed by atoms with Gasteiger partial charge in [0.15, 0.2) is 0 Å². The summed E-state index contributed by atoms with van der Waals surface area (Å²) in [6.45, 7) is 4.03. The Morgan fingerprint density at radius 3 is 2.35 bits per heavy atom. The molecule has 2 saturated heterocycles. The van der Waals surface area contributed by atoms with Gasteiger partial charge in [-0.25, -0.2) is 8.42 Å². The van der Waals surface area contributed by atoms with Crippen molar-refractivity contribution in [3.05, 3.63) is 77.9 Å². The van der Waals surface area contributed by atoms with Gasteiger partial charge in [0, 0.05) is 31.1 Å². The van der Waals surface area contributed by atoms with Gasteiger partial charge in [-0.2, -0.15) is 17.5 Å². The molecule has 2 amide bonds. The molecule has 2 aromatic rings. The molecule has 4 rings (SSSR count). The van der Waals surface area contributed by atoms with Gasteiger partial charge < -0.3 is 15.4 Å². The van der Waals surface area contributed by atoms with Crippen LogP contribution in [0.5, 0.6) is 0 Å². The molecule has 198 valence electrons. The summed E-state index contributed by atoms with van der Waals surface area (Å²) in [5.41, 5.74) is 0.165. The summed E-state index contributed by atoms with van der Waals surface area (Å²) in [4.78, 5) is 23.9. The van der Waals surface area contributed by atoms with Crippen LogP contribution in [-0.4, -0.2) is 56.5 Å². The number of ether oxygens (including phenoxy) is 1. The molecule has 3 unspecified atom stereocenters. The minimum absolute atomic E-state index is 0.0420. The Balaban J connectivity index is 1.28. The van der Waals surface area contributed by atoms with E-state index < -0.39 is 33.9 Å². The highest BCUT2D eigenvalue weighted by Gasteiger charge is 2.46. The normalized spacial score (nSPS) is 21.9. The molecule has 2 fully saturated rings. The summed E-state index contributed by atoms with van der Waals surface area (Å²) in [7, 11) is -3.80. The van der Waals surface area contributed by atoms with Crippen LogP contribution in [0.1, 0.15) is 27.9 Å². The fourth-order valence-corrected chi connectivity index (χ4v) is 5.95. The average Bonchev–Trinajstić information content (AvgIpc) is 3.43. The van der Waals surface area contributed by atoms with Crippen LogP contribution in [0.25, 0.3) is 0 Å². The molecule has 0 saturated carbocycles. The number of carbonyl (C=O) groups excluding carboxylic acids is 2. The number of rotatable bonds is 8. The third-order valence-electron chi connectivity index (χ3n) is 6.43. The second kappa shape index (κ2) is 10.6. The molecule has 8 nitrogen and oxygen atoms in total. The van der Waals surface area contributed by atoms with Crippen LogP contribution >= 0.6 is 0 Å². The number of alkyl halides is 3. The molecule has 37 heavy (non-hydrogen) atoms. The van der Waals surface area contributed by atoms with E-state index >= 15 is 0 Å². The highest BCUT2D eigenvalue weighted by atomic mass is 32.2. The van der Waals surface area contributed by atoms with E-state index in [1.165, 1.54) is 40.7 Å². The smallest absolute Gasteiger partial charge is 0.354 e. The Bertz CT molecular complexity index is 1250. The quantitative estimate of drug-likeness (QED) is 0.504. The lowest BCUT2D eigenvalue weighted by molar-refractivity contribution is -0.137. The Morgan fingerprint density at radius 1 is 1.08 bits per heavy atom. The Hall–Kier alpha value is -3.22. The van der Waals surface area contributed by atoms with Gasteiger partial charge in [0.25, 0.3) is 5.91 Å². The monoisotopic (exact) mass is 537 g/mol. The number of fused-ring (bicyclic) bond motifs is 1. The molecule has 0 bridgehead atoms. The number of halogens is 3. The van der Waals surface area contributed by atoms with E-state index in [9.17, 15) is 31.2 Å². The van der Waals surface area contributed by atoms with E-state index in [4.69, 9.17) is 4.74 Å². The minimum Gasteiger partial charge on any atom is -0.354 e. The third kappa shape index (κ3) is 6.20. The van der Waals surface area contributed by atoms with Gasteiger partial charge in [-0.05, 0) is 60.9 Å². The third-order valence-corrected chi connectivity index (χ3v) is 8.27. The lowest BCUT2D eigenvalue weighted by Gasteiger charge is -2.19. The summed E-state index contributed by atoms with van der Waals surface area (Å²) in [6.07, 6.45) is -3.20. The number of hydrogen-bond acceptors (Lipinski definition) is 5. The molecule has 0 spiro atoms. The molecular formula is C25H26F3N3O5S. The molecule has 2 N–H and O–H groups in total. The maximum Gasteiger partial charge on any atom is 0.416 e. The first-order valence-corrected chi connectivity index (χ1v) is 13.0. The van der Waals surface area contributed by atoms with E-state index in [0.717, 1.165) is 18.2 Å². The van der Waals surface area contributed by atoms with Gasteiger partial charge in [0.1, 0.15) is 6.23 Å². The van der Waals surface area contributed by atoms with Crippen LogP contribution in [0.4, 0.5) is 13.2 Å². The highest BCUT2D eigenvalue weighted by Crippen LogP contribution is 2.35. The minimum atomic E-state index is -4.40. The molecule has 2 aliphatic heterocycles. The van der Waals surface area contributed by atoms with Crippen LogP contribution < -0.4 is 10.6 Å². The number of carbonyl (C=O) groups is 2. The lowest BCUT2D eigenvalue weighted by atomic mass is 10.1. The number of amides is 2. The van der Waals surface area contributed by atoms with Crippen LogP contribution in [0.15, 0.2) is 66.1 Å². The lowest BCUT2D eigenvalue weighted by Crippen LogP contribution is -2.37. The predicted molar refractivity (Wildman–Crippen MR) is 128 cm³/mol. The molecule has 2 aliphatic rings. The van der Waals surface area contributed by atoms with Gasteiger partial charge in [0.05, 0.1) is 16.6 Å². The average molecular weight is 538 g/mol. The fourth-order valence-electron chi connectivity index (χ4n) is 4.44. The first-order chi connectivity index (χ1) is 17.5. The van der Waals surface area contributed by atoms with Gasteiger partial charge >= 0.3 is 6.18 Å². The van der Waals surface area contributed by atoms with Crippen molar-refractivity contribution in [1.82, 2.24) is 14.9 Å². The number of nitrogens with zero attached hydrogens (tertiary/aromatic N) is 1. The fraction of sp³-hybridized carbons (Fsp3) is 0.360. The summed E-state index contributed by atoms with van der Waals surface area (Å²) in [5, 5.41) is 5.35. The molecule has 0 aromatic heterocycles. The molecule has 0 aliphatic carbocycles. The zero-order valence-electron chi connectivity index (χ0n) is 19.7. The standard InChI is InChI=1S/C25H26F3N3O5S/c1-2-22(32)30-23-13-18-14-31(15-21(18)36-23)37(34,35)20-9-5-17(6-10-20)24(33)29-12-11-16-3-7-19(8-4-16)25(26,27)28/h2-10,18,21,23H,1,11-15H2,(H,29,33)(H,30,32). The predicted octanol–water partition coefficient (Wildman–Crippen LogP) is 2.72. The van der Waals surface area contributed by atoms with Crippen LogP contribution in [-0.2, 0) is 32.2 Å². The van der Waals surface area contributed by atoms with E-state index in [-0.39, 0.29) is 48.0 Å². The second-order valence-corrected chi connectivity index (χ2v) is 10.9. The summed E-state index contributed by atoms with van der Waals surface area (Å²) in [6, 6.07) is 10.3. The number of hydrogen-bond donors (Lipinski definition) is 2. The van der Waals surface area contributed by atoms with Gasteiger partial charge in [-0.3, -0.25) is 9.59 Å². The number of sulfonamides is 1. The SMILES string of the molecule is C=CC(=O)NC1CC2CN(S(=O)(=O)c3ccc(C(=O)NCCc4ccc(C(F)(F)F)cc4)cc3)CC2O1. The summed E-state index contributed by atoms with van der Waals surface area (Å²) in [5.74, 6) is -0.814. The summed E-state index contributed by atoms with van der Waals surface area (Å²) >= 11 is 0. The van der Waals surface area contributed by atoms with Crippen molar-refractivity contribution in [2.45, 2.75) is 36.2 Å². The molecule has 2 heterocycles. The van der Waals surface area contributed by atoms with E-state index in [1.807, 2.05) is 0 Å². The Morgan fingerprint density at radius 2 is 1.76 bits per heavy atom. The van der Waals surface area contributed by atoms with E-state index in [1.54, 1.807) is 0 Å². The highest BCUT2D eigenvalue weighted by molar-refractivity contribution is 7.89. The second-order valence-electron chi connectivity index (χ2n) is 8.92. The van der Waals surface area contributed by atoms with Gasteiger partial charge in [-0.1, -0.05) is 18.7 Å². The van der Waals surface area contributed by atoms with Crippen LogP contribution in [0.2, 0.25) is 0 Å². The van der Waals surface area contributed by atoms with Crippen molar-refractivity contribution in [2.75, 3.05) is 19.6 Å². The summed E-state index contributed by atoms with van der Waals surface area (Å²) < 4.78 is 71.2. The zero-order chi connectivity index (χ0) is 26.8. The number of nitrogens with one attached hydrogen (secondary N) is 2. The Labute approximate surface area is 212 Å². The van der Waals surface area contributed by atoms with Crippen molar-refractivity contribution >= 4 is 21.8 Å². The van der Waals surface area contributed by atoms with Gasteiger partial charge in [-0.15, -0.1) is 0 Å². The van der Waals surface area contributed by atoms with Crippen molar-refractivity contribution < 1.29 is 35.9 Å². The molecular weight excluding hydrogens is 511 g/mol. The van der Waals surface area contributed by atoms with E-state index in [2.05, 4.69) is 17.2 Å². The maximum atomic E-state index is 13.1. The molecule has 0 radical (unpaired) electrons. The number of benzene rings is 2. The molecule has 2 aromatic carbocycles. The van der Waals surface area contributed by atoms with Crippen molar-refractivity contribution in [3.8, 4) is 0 Å². The first-order valence-electron chi connectivity index (χ1n) is 11.6.